The minimum absolute atomic E-state index is 0.0756. The van der Waals surface area contributed by atoms with Gasteiger partial charge in [-0.3, -0.25) is 4.79 Å². The molecular formula is C14H23NO3. The summed E-state index contributed by atoms with van der Waals surface area (Å²) in [5.41, 5.74) is 0. The van der Waals surface area contributed by atoms with Crippen molar-refractivity contribution in [3.05, 3.63) is 0 Å². The zero-order chi connectivity index (χ0) is 13.1. The van der Waals surface area contributed by atoms with Crippen molar-refractivity contribution in [2.45, 2.75) is 57.9 Å². The van der Waals surface area contributed by atoms with Gasteiger partial charge in [-0.05, 0) is 43.4 Å². The third-order valence-corrected chi connectivity index (χ3v) is 4.54. The number of carbonyl (C=O) groups excluding carboxylic acids is 1. The van der Waals surface area contributed by atoms with Crippen molar-refractivity contribution in [3.63, 3.8) is 0 Å². The molecule has 0 spiro atoms. The topological polar surface area (TPSA) is 66.4 Å². The minimum Gasteiger partial charge on any atom is -0.480 e. The highest BCUT2D eigenvalue weighted by atomic mass is 16.4. The fourth-order valence-electron chi connectivity index (χ4n) is 3.66. The third-order valence-electron chi connectivity index (χ3n) is 4.54. The quantitative estimate of drug-likeness (QED) is 0.762. The minimum atomic E-state index is -0.918. The van der Waals surface area contributed by atoms with Crippen LogP contribution < -0.4 is 5.32 Å². The highest BCUT2D eigenvalue weighted by Crippen LogP contribution is 2.49. The van der Waals surface area contributed by atoms with E-state index in [0.29, 0.717) is 18.8 Å². The lowest BCUT2D eigenvalue weighted by atomic mass is 9.86. The van der Waals surface area contributed by atoms with Gasteiger partial charge in [0, 0.05) is 6.42 Å². The molecule has 0 aromatic carbocycles. The van der Waals surface area contributed by atoms with Crippen LogP contribution in [0.1, 0.15) is 51.9 Å². The summed E-state index contributed by atoms with van der Waals surface area (Å²) in [4.78, 5) is 22.9. The van der Waals surface area contributed by atoms with Crippen LogP contribution in [0.3, 0.4) is 0 Å². The molecule has 2 fully saturated rings. The molecule has 2 rings (SSSR count). The van der Waals surface area contributed by atoms with Gasteiger partial charge in [-0.1, -0.05) is 19.8 Å². The number of hydrogen-bond acceptors (Lipinski definition) is 2. The van der Waals surface area contributed by atoms with E-state index >= 15 is 0 Å². The van der Waals surface area contributed by atoms with Gasteiger partial charge in [0.1, 0.15) is 6.04 Å². The Hall–Kier alpha value is -1.06. The van der Waals surface area contributed by atoms with Crippen molar-refractivity contribution in [2.75, 3.05) is 0 Å². The molecule has 0 radical (unpaired) electrons. The summed E-state index contributed by atoms with van der Waals surface area (Å²) in [6.45, 7) is 1.93. The lowest BCUT2D eigenvalue weighted by molar-refractivity contribution is -0.142. The van der Waals surface area contributed by atoms with E-state index < -0.39 is 12.0 Å². The molecule has 0 saturated heterocycles. The Morgan fingerprint density at radius 2 is 2.11 bits per heavy atom. The Morgan fingerprint density at radius 1 is 1.33 bits per heavy atom. The van der Waals surface area contributed by atoms with E-state index in [9.17, 15) is 9.59 Å². The maximum atomic E-state index is 11.9. The number of carbonyl (C=O) groups is 2. The summed E-state index contributed by atoms with van der Waals surface area (Å²) in [7, 11) is 0. The Morgan fingerprint density at radius 3 is 2.61 bits per heavy atom. The first-order valence-corrected chi connectivity index (χ1v) is 7.12. The molecule has 4 nitrogen and oxygen atoms in total. The van der Waals surface area contributed by atoms with Crippen LogP contribution in [0, 0.1) is 17.8 Å². The summed E-state index contributed by atoms with van der Waals surface area (Å²) in [6, 6.07) is -0.707. The fraction of sp³-hybridized carbons (Fsp3) is 0.857. The molecule has 18 heavy (non-hydrogen) atoms. The first kappa shape index (κ1) is 13.4. The predicted octanol–water partition coefficient (Wildman–Crippen LogP) is 2.18. The number of fused-ring (bicyclic) bond motifs is 2. The van der Waals surface area contributed by atoms with Gasteiger partial charge >= 0.3 is 5.97 Å². The Bertz CT molecular complexity index is 329. The van der Waals surface area contributed by atoms with E-state index in [-0.39, 0.29) is 5.91 Å². The summed E-state index contributed by atoms with van der Waals surface area (Å²) < 4.78 is 0. The molecular weight excluding hydrogens is 230 g/mol. The average Bonchev–Trinajstić information content (AvgIpc) is 2.90. The van der Waals surface area contributed by atoms with E-state index in [0.717, 1.165) is 18.3 Å². The van der Waals surface area contributed by atoms with Gasteiger partial charge in [0.25, 0.3) is 0 Å². The van der Waals surface area contributed by atoms with Crippen molar-refractivity contribution < 1.29 is 14.7 Å². The number of hydrogen-bond donors (Lipinski definition) is 2. The molecule has 0 aromatic heterocycles. The van der Waals surface area contributed by atoms with E-state index in [1.165, 1.54) is 25.7 Å². The van der Waals surface area contributed by atoms with Gasteiger partial charge in [0.15, 0.2) is 0 Å². The van der Waals surface area contributed by atoms with Crippen LogP contribution in [0.5, 0.6) is 0 Å². The van der Waals surface area contributed by atoms with Gasteiger partial charge < -0.3 is 10.4 Å². The molecule has 3 unspecified atom stereocenters. The number of amides is 1. The molecule has 2 bridgehead atoms. The number of carboxylic acid groups (broad SMARTS) is 1. The number of nitrogens with one attached hydrogen (secondary N) is 1. The summed E-state index contributed by atoms with van der Waals surface area (Å²) >= 11 is 0. The van der Waals surface area contributed by atoms with Crippen molar-refractivity contribution >= 4 is 11.9 Å². The predicted molar refractivity (Wildman–Crippen MR) is 68.0 cm³/mol. The van der Waals surface area contributed by atoms with Crippen molar-refractivity contribution in [1.82, 2.24) is 5.32 Å². The van der Waals surface area contributed by atoms with Crippen molar-refractivity contribution in [2.24, 2.45) is 17.8 Å². The SMILES string of the molecule is CCC[C@H](NC(=O)CC1CC2CCC1C2)C(=O)O. The molecule has 0 aromatic rings. The van der Waals surface area contributed by atoms with Gasteiger partial charge in [-0.15, -0.1) is 0 Å². The molecule has 4 atom stereocenters. The Labute approximate surface area is 108 Å². The van der Waals surface area contributed by atoms with E-state index in [2.05, 4.69) is 5.32 Å². The lowest BCUT2D eigenvalue weighted by Crippen LogP contribution is -2.41. The van der Waals surface area contributed by atoms with Crippen LogP contribution >= 0.6 is 0 Å². The Balaban J connectivity index is 1.79. The van der Waals surface area contributed by atoms with E-state index in [1.54, 1.807) is 0 Å². The average molecular weight is 253 g/mol. The maximum absolute atomic E-state index is 11.9. The third kappa shape index (κ3) is 3.03. The molecule has 2 aliphatic carbocycles. The smallest absolute Gasteiger partial charge is 0.326 e. The van der Waals surface area contributed by atoms with Crippen LogP contribution in [0.25, 0.3) is 0 Å². The van der Waals surface area contributed by atoms with Gasteiger partial charge in [-0.2, -0.15) is 0 Å². The second-order valence-electron chi connectivity index (χ2n) is 5.89. The highest BCUT2D eigenvalue weighted by Gasteiger charge is 2.40. The first-order valence-electron chi connectivity index (χ1n) is 7.12. The van der Waals surface area contributed by atoms with Gasteiger partial charge in [0.2, 0.25) is 5.91 Å². The maximum Gasteiger partial charge on any atom is 0.326 e. The molecule has 102 valence electrons. The van der Waals surface area contributed by atoms with E-state index in [1.807, 2.05) is 6.92 Å². The number of aliphatic carboxylic acids is 1. The monoisotopic (exact) mass is 253 g/mol. The Kier molecular flexibility index (Phi) is 4.25. The van der Waals surface area contributed by atoms with Gasteiger partial charge in [-0.25, -0.2) is 4.79 Å². The highest BCUT2D eigenvalue weighted by molar-refractivity contribution is 5.83. The van der Waals surface area contributed by atoms with Crippen LogP contribution in [-0.2, 0) is 9.59 Å². The molecule has 4 heteroatoms. The second-order valence-corrected chi connectivity index (χ2v) is 5.89. The largest absolute Gasteiger partial charge is 0.480 e. The zero-order valence-corrected chi connectivity index (χ0v) is 11.0. The van der Waals surface area contributed by atoms with Crippen molar-refractivity contribution in [3.8, 4) is 0 Å². The summed E-state index contributed by atoms with van der Waals surface area (Å²) in [5.74, 6) is 1.06. The molecule has 2 aliphatic rings. The standard InChI is InChI=1S/C14H23NO3/c1-2-3-12(14(17)18)15-13(16)8-11-7-9-4-5-10(11)6-9/h9-12H,2-8H2,1H3,(H,15,16)(H,17,18)/t9?,10?,11?,12-/m0/s1. The lowest BCUT2D eigenvalue weighted by Gasteiger charge is -2.22. The fourth-order valence-corrected chi connectivity index (χ4v) is 3.66. The van der Waals surface area contributed by atoms with E-state index in [4.69, 9.17) is 5.11 Å². The van der Waals surface area contributed by atoms with Gasteiger partial charge in [0.05, 0.1) is 0 Å². The molecule has 0 aliphatic heterocycles. The van der Waals surface area contributed by atoms with Crippen LogP contribution in [0.2, 0.25) is 0 Å². The van der Waals surface area contributed by atoms with Crippen molar-refractivity contribution in [1.29, 1.82) is 0 Å². The summed E-state index contributed by atoms with van der Waals surface area (Å²) in [5, 5.41) is 11.7. The summed E-state index contributed by atoms with van der Waals surface area (Å²) in [6.07, 6.45) is 6.85. The molecule has 1 amide bonds. The first-order chi connectivity index (χ1) is 8.60. The number of carboxylic acids is 1. The van der Waals surface area contributed by atoms with Crippen LogP contribution in [0.4, 0.5) is 0 Å². The second kappa shape index (κ2) is 5.72. The molecule has 0 heterocycles. The zero-order valence-electron chi connectivity index (χ0n) is 11.0. The molecule has 2 saturated carbocycles. The normalized spacial score (nSPS) is 31.3. The van der Waals surface area contributed by atoms with Crippen LogP contribution in [-0.4, -0.2) is 23.0 Å². The number of rotatable bonds is 6. The molecule has 2 N–H and O–H groups in total. The van der Waals surface area contributed by atoms with Crippen LogP contribution in [0.15, 0.2) is 0 Å².